The molecular formula is C24H22F4N2O2S. The van der Waals surface area contributed by atoms with Crippen molar-refractivity contribution in [1.29, 1.82) is 0 Å². The van der Waals surface area contributed by atoms with Crippen molar-refractivity contribution in [2.45, 2.75) is 44.4 Å². The summed E-state index contributed by atoms with van der Waals surface area (Å²) in [5.41, 5.74) is 2.24. The zero-order valence-electron chi connectivity index (χ0n) is 17.5. The lowest BCUT2D eigenvalue weighted by molar-refractivity contribution is -0.137. The minimum Gasteiger partial charge on any atom is -0.390 e. The summed E-state index contributed by atoms with van der Waals surface area (Å²) in [7, 11) is 0. The molecule has 0 aliphatic heterocycles. The Kier molecular flexibility index (Phi) is 6.81. The second-order valence-electron chi connectivity index (χ2n) is 8.20. The van der Waals surface area contributed by atoms with Gasteiger partial charge in [-0.3, -0.25) is 4.79 Å². The van der Waals surface area contributed by atoms with Crippen LogP contribution in [0.3, 0.4) is 0 Å². The molecule has 0 bridgehead atoms. The first-order chi connectivity index (χ1) is 15.8. The smallest absolute Gasteiger partial charge is 0.390 e. The van der Waals surface area contributed by atoms with Crippen LogP contribution < -0.4 is 5.32 Å². The Bertz CT molecular complexity index is 1130. The maximum absolute atomic E-state index is 14.1. The Balaban J connectivity index is 1.43. The van der Waals surface area contributed by atoms with Gasteiger partial charge in [0.05, 0.1) is 23.6 Å². The van der Waals surface area contributed by atoms with Gasteiger partial charge < -0.3 is 10.4 Å². The van der Waals surface area contributed by atoms with E-state index in [-0.39, 0.29) is 30.0 Å². The normalized spacial score (nSPS) is 18.8. The molecule has 2 atom stereocenters. The topological polar surface area (TPSA) is 62.2 Å². The van der Waals surface area contributed by atoms with Gasteiger partial charge in [-0.25, -0.2) is 4.39 Å². The van der Waals surface area contributed by atoms with E-state index >= 15 is 0 Å². The molecule has 3 aromatic rings. The number of amides is 1. The molecule has 0 spiro atoms. The fourth-order valence-corrected chi connectivity index (χ4v) is 5.02. The van der Waals surface area contributed by atoms with Gasteiger partial charge in [-0.1, -0.05) is 30.7 Å². The highest BCUT2D eigenvalue weighted by Crippen LogP contribution is 2.38. The van der Waals surface area contributed by atoms with Crippen LogP contribution in [-0.4, -0.2) is 15.4 Å². The number of anilines is 1. The number of carbonyl (C=O) groups excluding carboxylic acids is 1. The van der Waals surface area contributed by atoms with Gasteiger partial charge in [0.1, 0.15) is 5.82 Å². The van der Waals surface area contributed by atoms with E-state index < -0.39 is 17.6 Å². The first-order valence-electron chi connectivity index (χ1n) is 10.6. The SMILES string of the molecule is O=C(Nc1ccc(C(F)(F)F)cc1F)C1CCCC(c2ccc(-c3csnc3CO)cc2)C1. The van der Waals surface area contributed by atoms with Crippen LogP contribution in [-0.2, 0) is 17.6 Å². The van der Waals surface area contributed by atoms with Gasteiger partial charge in [0.25, 0.3) is 0 Å². The first kappa shape index (κ1) is 23.4. The van der Waals surface area contributed by atoms with Crippen molar-refractivity contribution < 1.29 is 27.5 Å². The average molecular weight is 479 g/mol. The van der Waals surface area contributed by atoms with Crippen LogP contribution in [0.15, 0.2) is 47.8 Å². The number of benzene rings is 2. The summed E-state index contributed by atoms with van der Waals surface area (Å²) in [5.74, 6) is -1.69. The third kappa shape index (κ3) is 5.25. The number of alkyl halides is 3. The summed E-state index contributed by atoms with van der Waals surface area (Å²) in [5, 5.41) is 13.8. The van der Waals surface area contributed by atoms with E-state index in [9.17, 15) is 27.5 Å². The molecule has 174 valence electrons. The number of nitrogens with zero attached hydrogens (tertiary/aromatic N) is 1. The van der Waals surface area contributed by atoms with Crippen molar-refractivity contribution in [1.82, 2.24) is 4.37 Å². The second kappa shape index (κ2) is 9.61. The number of aromatic nitrogens is 1. The second-order valence-corrected chi connectivity index (χ2v) is 8.83. The van der Waals surface area contributed by atoms with Gasteiger partial charge in [0.2, 0.25) is 5.91 Å². The van der Waals surface area contributed by atoms with Crippen molar-refractivity contribution in [2.24, 2.45) is 5.92 Å². The van der Waals surface area contributed by atoms with Crippen LogP contribution in [0.25, 0.3) is 11.1 Å². The average Bonchev–Trinajstić information content (AvgIpc) is 3.29. The largest absolute Gasteiger partial charge is 0.416 e. The lowest BCUT2D eigenvalue weighted by Gasteiger charge is -2.29. The highest BCUT2D eigenvalue weighted by atomic mass is 32.1. The molecule has 1 heterocycles. The monoisotopic (exact) mass is 478 g/mol. The quantitative estimate of drug-likeness (QED) is 0.419. The Morgan fingerprint density at radius 3 is 2.58 bits per heavy atom. The van der Waals surface area contributed by atoms with Crippen LogP contribution in [0.1, 0.15) is 48.4 Å². The van der Waals surface area contributed by atoms with E-state index in [1.807, 2.05) is 29.6 Å². The molecule has 9 heteroatoms. The molecule has 1 fully saturated rings. The highest BCUT2D eigenvalue weighted by Gasteiger charge is 2.32. The Morgan fingerprint density at radius 1 is 1.15 bits per heavy atom. The van der Waals surface area contributed by atoms with Gasteiger partial charge in [0.15, 0.2) is 0 Å². The summed E-state index contributed by atoms with van der Waals surface area (Å²) >= 11 is 1.29. The highest BCUT2D eigenvalue weighted by molar-refractivity contribution is 7.04. The number of nitrogens with one attached hydrogen (secondary N) is 1. The summed E-state index contributed by atoms with van der Waals surface area (Å²) < 4.78 is 56.5. The van der Waals surface area contributed by atoms with Crippen molar-refractivity contribution in [3.8, 4) is 11.1 Å². The van der Waals surface area contributed by atoms with Crippen molar-refractivity contribution >= 4 is 23.1 Å². The maximum atomic E-state index is 14.1. The Hall–Kier alpha value is -2.78. The molecule has 4 rings (SSSR count). The molecule has 0 saturated heterocycles. The molecule has 1 saturated carbocycles. The Morgan fingerprint density at radius 2 is 1.91 bits per heavy atom. The zero-order chi connectivity index (χ0) is 23.6. The molecular weight excluding hydrogens is 456 g/mol. The number of aliphatic hydroxyl groups is 1. The van der Waals surface area contributed by atoms with Crippen LogP contribution >= 0.6 is 11.5 Å². The summed E-state index contributed by atoms with van der Waals surface area (Å²) in [4.78, 5) is 12.7. The van der Waals surface area contributed by atoms with Gasteiger partial charge in [0, 0.05) is 16.9 Å². The van der Waals surface area contributed by atoms with E-state index in [1.54, 1.807) is 0 Å². The molecule has 1 aromatic heterocycles. The molecule has 2 aromatic carbocycles. The lowest BCUT2D eigenvalue weighted by Crippen LogP contribution is -2.28. The van der Waals surface area contributed by atoms with Crippen molar-refractivity contribution in [3.05, 3.63) is 70.5 Å². The van der Waals surface area contributed by atoms with E-state index in [4.69, 9.17) is 0 Å². The standard InChI is InChI=1S/C24H22F4N2O2S/c25-20-11-18(24(26,27)28)8-9-21(20)29-23(32)17-3-1-2-16(10-17)14-4-6-15(7-5-14)19-13-33-30-22(19)12-31/h4-9,11,13,16-17,31H,1-3,10,12H2,(H,29,32). The molecule has 1 amide bonds. The van der Waals surface area contributed by atoms with Gasteiger partial charge in [-0.05, 0) is 66.0 Å². The summed E-state index contributed by atoms with van der Waals surface area (Å²) in [6.07, 6.45) is -1.68. The van der Waals surface area contributed by atoms with E-state index in [2.05, 4.69) is 9.69 Å². The summed E-state index contributed by atoms with van der Waals surface area (Å²) in [6, 6.07) is 10.1. The van der Waals surface area contributed by atoms with Gasteiger partial charge in [-0.2, -0.15) is 17.5 Å². The van der Waals surface area contributed by atoms with Crippen LogP contribution in [0.5, 0.6) is 0 Å². The van der Waals surface area contributed by atoms with E-state index in [1.165, 1.54) is 11.5 Å². The maximum Gasteiger partial charge on any atom is 0.416 e. The lowest BCUT2D eigenvalue weighted by atomic mass is 9.77. The van der Waals surface area contributed by atoms with Crippen LogP contribution in [0.2, 0.25) is 0 Å². The fourth-order valence-electron chi connectivity index (χ4n) is 4.30. The molecule has 1 aliphatic rings. The summed E-state index contributed by atoms with van der Waals surface area (Å²) in [6.45, 7) is -0.125. The molecule has 2 unspecified atom stereocenters. The molecule has 1 aliphatic carbocycles. The zero-order valence-corrected chi connectivity index (χ0v) is 18.3. The predicted octanol–water partition coefficient (Wildman–Crippen LogP) is 6.37. The molecule has 2 N–H and O–H groups in total. The van der Waals surface area contributed by atoms with E-state index in [0.717, 1.165) is 41.7 Å². The Labute approximate surface area is 192 Å². The molecule has 33 heavy (non-hydrogen) atoms. The minimum absolute atomic E-state index is 0.125. The number of carbonyl (C=O) groups is 1. The van der Waals surface area contributed by atoms with Gasteiger partial charge in [-0.15, -0.1) is 0 Å². The number of rotatable bonds is 5. The van der Waals surface area contributed by atoms with Gasteiger partial charge >= 0.3 is 6.18 Å². The predicted molar refractivity (Wildman–Crippen MR) is 118 cm³/mol. The third-order valence-electron chi connectivity index (χ3n) is 6.09. The number of hydrogen-bond donors (Lipinski definition) is 2. The number of hydrogen-bond acceptors (Lipinski definition) is 4. The first-order valence-corrected chi connectivity index (χ1v) is 11.4. The number of aliphatic hydroxyl groups excluding tert-OH is 1. The fraction of sp³-hybridized carbons (Fsp3) is 0.333. The molecule has 4 nitrogen and oxygen atoms in total. The number of halogens is 4. The third-order valence-corrected chi connectivity index (χ3v) is 6.75. The minimum atomic E-state index is -4.64. The van der Waals surface area contributed by atoms with E-state index in [0.29, 0.717) is 24.6 Å². The van der Waals surface area contributed by atoms with Crippen LogP contribution in [0.4, 0.5) is 23.2 Å². The van der Waals surface area contributed by atoms with Crippen LogP contribution in [0, 0.1) is 11.7 Å². The van der Waals surface area contributed by atoms with Crippen molar-refractivity contribution in [2.75, 3.05) is 5.32 Å². The van der Waals surface area contributed by atoms with Crippen molar-refractivity contribution in [3.63, 3.8) is 0 Å². The molecule has 0 radical (unpaired) electrons.